The second kappa shape index (κ2) is 9.08. The molecular weight excluding hydrogens is 316 g/mol. The average Bonchev–Trinajstić information content (AvgIpc) is 2.83. The van der Waals surface area contributed by atoms with Crippen molar-refractivity contribution >= 4 is 23.6 Å². The molecule has 0 saturated carbocycles. The number of halogens is 1. The first kappa shape index (κ1) is 18.0. The number of hydrogen-bond donors (Lipinski definition) is 0. The molecule has 0 spiro atoms. The molecule has 1 aliphatic heterocycles. The van der Waals surface area contributed by atoms with Crippen LogP contribution in [0.25, 0.3) is 6.08 Å². The van der Waals surface area contributed by atoms with Gasteiger partial charge in [0.25, 0.3) is 0 Å². The van der Waals surface area contributed by atoms with Gasteiger partial charge in [-0.15, -0.1) is 0 Å². The van der Waals surface area contributed by atoms with Crippen LogP contribution in [0.4, 0.5) is 0 Å². The Hall–Kier alpha value is -1.33. The van der Waals surface area contributed by atoms with E-state index in [4.69, 9.17) is 21.1 Å². The van der Waals surface area contributed by atoms with Gasteiger partial charge in [-0.2, -0.15) is 5.10 Å². The highest BCUT2D eigenvalue weighted by molar-refractivity contribution is 6.31. The van der Waals surface area contributed by atoms with Gasteiger partial charge in [0.05, 0.1) is 11.8 Å². The second-order valence-electron chi connectivity index (χ2n) is 5.82. The number of carbonyl (C=O) groups is 1. The summed E-state index contributed by atoms with van der Waals surface area (Å²) in [6.07, 6.45) is 8.38. The van der Waals surface area contributed by atoms with Gasteiger partial charge in [0.2, 0.25) is 0 Å². The minimum Gasteiger partial charge on any atom is -0.460 e. The van der Waals surface area contributed by atoms with Gasteiger partial charge in [-0.05, 0) is 38.7 Å². The van der Waals surface area contributed by atoms with Crippen LogP contribution < -0.4 is 0 Å². The zero-order valence-corrected chi connectivity index (χ0v) is 14.6. The van der Waals surface area contributed by atoms with Crippen LogP contribution in [0, 0.1) is 6.92 Å². The zero-order valence-electron chi connectivity index (χ0n) is 13.9. The summed E-state index contributed by atoms with van der Waals surface area (Å²) in [6.45, 7) is 5.86. The lowest BCUT2D eigenvalue weighted by atomic mass is 10.1. The summed E-state index contributed by atoms with van der Waals surface area (Å²) >= 11 is 6.32. The van der Waals surface area contributed by atoms with E-state index in [0.29, 0.717) is 11.8 Å². The summed E-state index contributed by atoms with van der Waals surface area (Å²) in [5.41, 5.74) is 1.58. The minimum absolute atomic E-state index is 0.0308. The van der Waals surface area contributed by atoms with Crippen molar-refractivity contribution in [2.75, 3.05) is 13.2 Å². The van der Waals surface area contributed by atoms with Gasteiger partial charge in [0, 0.05) is 24.8 Å². The van der Waals surface area contributed by atoms with E-state index in [2.05, 4.69) is 12.0 Å². The van der Waals surface area contributed by atoms with E-state index >= 15 is 0 Å². The van der Waals surface area contributed by atoms with Crippen molar-refractivity contribution in [2.24, 2.45) is 0 Å². The third kappa shape index (κ3) is 5.36. The molecule has 1 fully saturated rings. The van der Waals surface area contributed by atoms with E-state index in [9.17, 15) is 4.79 Å². The highest BCUT2D eigenvalue weighted by Gasteiger charge is 2.15. The van der Waals surface area contributed by atoms with Crippen molar-refractivity contribution in [3.63, 3.8) is 0 Å². The van der Waals surface area contributed by atoms with E-state index in [1.807, 2.05) is 6.92 Å². The first-order chi connectivity index (χ1) is 11.1. The lowest BCUT2D eigenvalue weighted by molar-refractivity contribution is -0.143. The fourth-order valence-corrected chi connectivity index (χ4v) is 2.85. The number of aryl methyl sites for hydroxylation is 2. The maximum atomic E-state index is 11.8. The maximum Gasteiger partial charge on any atom is 0.330 e. The number of aromatic nitrogens is 2. The normalized spacial score (nSPS) is 18.5. The average molecular weight is 341 g/mol. The van der Waals surface area contributed by atoms with Crippen LogP contribution in [0.15, 0.2) is 6.08 Å². The number of rotatable bonds is 7. The van der Waals surface area contributed by atoms with Crippen molar-refractivity contribution in [3.05, 3.63) is 22.5 Å². The van der Waals surface area contributed by atoms with Crippen LogP contribution in [0.2, 0.25) is 5.15 Å². The lowest BCUT2D eigenvalue weighted by Crippen LogP contribution is -2.25. The smallest absolute Gasteiger partial charge is 0.330 e. The zero-order chi connectivity index (χ0) is 16.7. The number of esters is 1. The van der Waals surface area contributed by atoms with Crippen molar-refractivity contribution < 1.29 is 14.3 Å². The predicted octanol–water partition coefficient (Wildman–Crippen LogP) is 3.77. The fraction of sp³-hybridized carbons (Fsp3) is 0.647. The molecule has 0 radical (unpaired) electrons. The van der Waals surface area contributed by atoms with Gasteiger partial charge in [-0.25, -0.2) is 4.79 Å². The topological polar surface area (TPSA) is 53.4 Å². The molecule has 0 aliphatic carbocycles. The Morgan fingerprint density at radius 2 is 2.35 bits per heavy atom. The molecule has 0 aromatic carbocycles. The first-order valence-corrected chi connectivity index (χ1v) is 8.69. The number of hydrogen-bond acceptors (Lipinski definition) is 4. The third-order valence-corrected chi connectivity index (χ3v) is 4.30. The number of unbranched alkanes of at least 4 members (excludes halogenated alkanes) is 1. The van der Waals surface area contributed by atoms with E-state index in [-0.39, 0.29) is 12.1 Å². The highest BCUT2D eigenvalue weighted by Crippen LogP contribution is 2.22. The van der Waals surface area contributed by atoms with Crippen LogP contribution in [-0.2, 0) is 20.8 Å². The standard InChI is InChI=1S/C17H25ClN2O3/c1-3-4-10-20-17(18)15(13(2)19-20)8-9-16(21)23-12-14-7-5-6-11-22-14/h8-9,14H,3-7,10-12H2,1-2H3/b9-8+. The van der Waals surface area contributed by atoms with Crippen LogP contribution >= 0.6 is 11.6 Å². The second-order valence-corrected chi connectivity index (χ2v) is 6.18. The molecule has 5 nitrogen and oxygen atoms in total. The van der Waals surface area contributed by atoms with Crippen molar-refractivity contribution in [2.45, 2.75) is 58.6 Å². The molecule has 128 valence electrons. The highest BCUT2D eigenvalue weighted by atomic mass is 35.5. The molecule has 2 heterocycles. The Bertz CT molecular complexity index is 548. The van der Waals surface area contributed by atoms with E-state index in [1.54, 1.807) is 10.8 Å². The molecule has 1 saturated heterocycles. The molecule has 0 amide bonds. The summed E-state index contributed by atoms with van der Waals surface area (Å²) in [5, 5.41) is 4.97. The Balaban J connectivity index is 1.88. The molecule has 1 unspecified atom stereocenters. The number of carbonyl (C=O) groups excluding carboxylic acids is 1. The molecule has 0 N–H and O–H groups in total. The van der Waals surface area contributed by atoms with Crippen molar-refractivity contribution in [1.82, 2.24) is 9.78 Å². The summed E-state index contributed by atoms with van der Waals surface area (Å²) in [7, 11) is 0. The van der Waals surface area contributed by atoms with Gasteiger partial charge in [0.1, 0.15) is 11.8 Å². The molecular formula is C17H25ClN2O3. The maximum absolute atomic E-state index is 11.8. The van der Waals surface area contributed by atoms with Gasteiger partial charge in [-0.3, -0.25) is 4.68 Å². The summed E-state index contributed by atoms with van der Waals surface area (Å²) < 4.78 is 12.5. The van der Waals surface area contributed by atoms with Crippen molar-refractivity contribution in [3.8, 4) is 0 Å². The van der Waals surface area contributed by atoms with Crippen LogP contribution in [0.1, 0.15) is 50.3 Å². The molecule has 1 aliphatic rings. The predicted molar refractivity (Wildman–Crippen MR) is 90.5 cm³/mol. The number of nitrogens with zero attached hydrogens (tertiary/aromatic N) is 2. The summed E-state index contributed by atoms with van der Waals surface area (Å²) in [4.78, 5) is 11.8. The Morgan fingerprint density at radius 1 is 1.52 bits per heavy atom. The van der Waals surface area contributed by atoms with Crippen molar-refractivity contribution in [1.29, 1.82) is 0 Å². The van der Waals surface area contributed by atoms with Gasteiger partial charge in [0.15, 0.2) is 0 Å². The molecule has 6 heteroatoms. The van der Waals surface area contributed by atoms with E-state index < -0.39 is 0 Å². The quantitative estimate of drug-likeness (QED) is 0.560. The van der Waals surface area contributed by atoms with Gasteiger partial charge < -0.3 is 9.47 Å². The third-order valence-electron chi connectivity index (χ3n) is 3.90. The molecule has 0 bridgehead atoms. The number of ether oxygens (including phenoxy) is 2. The summed E-state index contributed by atoms with van der Waals surface area (Å²) in [5.74, 6) is -0.379. The van der Waals surface area contributed by atoms with Gasteiger partial charge in [-0.1, -0.05) is 24.9 Å². The lowest BCUT2D eigenvalue weighted by Gasteiger charge is -2.21. The van der Waals surface area contributed by atoms with Crippen LogP contribution in [-0.4, -0.2) is 35.1 Å². The van der Waals surface area contributed by atoms with E-state index in [1.165, 1.54) is 6.08 Å². The van der Waals surface area contributed by atoms with Gasteiger partial charge >= 0.3 is 5.97 Å². The monoisotopic (exact) mass is 340 g/mol. The molecule has 1 aromatic heterocycles. The van der Waals surface area contributed by atoms with Crippen LogP contribution in [0.5, 0.6) is 0 Å². The molecule has 1 aromatic rings. The SMILES string of the molecule is CCCCn1nc(C)c(/C=C/C(=O)OCC2CCCCO2)c1Cl. The first-order valence-electron chi connectivity index (χ1n) is 8.31. The summed E-state index contributed by atoms with van der Waals surface area (Å²) in [6, 6.07) is 0. The molecule has 2 rings (SSSR count). The Morgan fingerprint density at radius 3 is 3.04 bits per heavy atom. The van der Waals surface area contributed by atoms with Crippen LogP contribution in [0.3, 0.4) is 0 Å². The Kier molecular flexibility index (Phi) is 7.12. The largest absolute Gasteiger partial charge is 0.460 e. The molecule has 23 heavy (non-hydrogen) atoms. The Labute approximate surface area is 142 Å². The molecule has 1 atom stereocenters. The van der Waals surface area contributed by atoms with E-state index in [0.717, 1.165) is 56.5 Å². The fourth-order valence-electron chi connectivity index (χ4n) is 2.53. The minimum atomic E-state index is -0.379.